The van der Waals surface area contributed by atoms with Gasteiger partial charge in [-0.2, -0.15) is 0 Å². The van der Waals surface area contributed by atoms with Gasteiger partial charge in [-0.3, -0.25) is 9.59 Å². The molecule has 4 heteroatoms. The Bertz CT molecular complexity index is 582. The van der Waals surface area contributed by atoms with Crippen molar-refractivity contribution in [3.8, 4) is 5.75 Å². The van der Waals surface area contributed by atoms with Crippen LogP contribution in [-0.2, 0) is 14.3 Å². The Labute approximate surface area is 183 Å². The van der Waals surface area contributed by atoms with Crippen LogP contribution in [0.3, 0.4) is 0 Å². The standard InChI is InChI=1S/C26H42O4/c1-3-4-5-6-9-12-15-21-29-25(27)19-13-10-7-8-11-14-20-26(28)30-24-18-16-17-23(2)22-24/h16-18,22H,3-15,19-21H2,1-2H3. The van der Waals surface area contributed by atoms with Crippen molar-refractivity contribution in [3.05, 3.63) is 29.8 Å². The lowest BCUT2D eigenvalue weighted by molar-refractivity contribution is -0.144. The number of aryl methyl sites for hydroxylation is 1. The number of esters is 2. The third-order valence-corrected chi connectivity index (χ3v) is 5.24. The van der Waals surface area contributed by atoms with E-state index in [1.165, 1.54) is 32.1 Å². The summed E-state index contributed by atoms with van der Waals surface area (Å²) in [5.74, 6) is 0.406. The second-order valence-corrected chi connectivity index (χ2v) is 8.25. The Morgan fingerprint density at radius 2 is 1.30 bits per heavy atom. The maximum atomic E-state index is 11.8. The van der Waals surface area contributed by atoms with E-state index in [0.29, 0.717) is 25.2 Å². The van der Waals surface area contributed by atoms with E-state index in [9.17, 15) is 9.59 Å². The van der Waals surface area contributed by atoms with Crippen LogP contribution in [-0.4, -0.2) is 18.5 Å². The van der Waals surface area contributed by atoms with Crippen LogP contribution in [0.5, 0.6) is 5.75 Å². The lowest BCUT2D eigenvalue weighted by Crippen LogP contribution is -2.07. The second-order valence-electron chi connectivity index (χ2n) is 8.25. The van der Waals surface area contributed by atoms with E-state index in [0.717, 1.165) is 56.9 Å². The summed E-state index contributed by atoms with van der Waals surface area (Å²) in [5.41, 5.74) is 1.09. The summed E-state index contributed by atoms with van der Waals surface area (Å²) in [6, 6.07) is 7.55. The molecular formula is C26H42O4. The Balaban J connectivity index is 1.86. The van der Waals surface area contributed by atoms with Gasteiger partial charge in [0.05, 0.1) is 6.61 Å². The molecule has 170 valence electrons. The van der Waals surface area contributed by atoms with Crippen molar-refractivity contribution in [1.82, 2.24) is 0 Å². The minimum Gasteiger partial charge on any atom is -0.466 e. The fourth-order valence-electron chi connectivity index (χ4n) is 3.42. The molecule has 0 aromatic heterocycles. The maximum Gasteiger partial charge on any atom is 0.311 e. The van der Waals surface area contributed by atoms with Gasteiger partial charge in [-0.1, -0.05) is 83.3 Å². The number of ether oxygens (including phenoxy) is 2. The SMILES string of the molecule is CCCCCCCCCOC(=O)CCCCCCCCC(=O)Oc1cccc(C)c1. The summed E-state index contributed by atoms with van der Waals surface area (Å²) in [6.07, 6.45) is 15.6. The van der Waals surface area contributed by atoms with Crippen molar-refractivity contribution >= 4 is 11.9 Å². The molecule has 30 heavy (non-hydrogen) atoms. The van der Waals surface area contributed by atoms with Crippen molar-refractivity contribution in [1.29, 1.82) is 0 Å². The normalized spacial score (nSPS) is 10.7. The van der Waals surface area contributed by atoms with E-state index in [4.69, 9.17) is 9.47 Å². The predicted molar refractivity (Wildman–Crippen MR) is 123 cm³/mol. The molecule has 0 saturated heterocycles. The van der Waals surface area contributed by atoms with Gasteiger partial charge in [-0.05, 0) is 43.9 Å². The monoisotopic (exact) mass is 418 g/mol. The van der Waals surface area contributed by atoms with Crippen LogP contribution in [0, 0.1) is 6.92 Å². The average Bonchev–Trinajstić information content (AvgIpc) is 2.72. The van der Waals surface area contributed by atoms with E-state index in [1.54, 1.807) is 0 Å². The zero-order valence-electron chi connectivity index (χ0n) is 19.3. The van der Waals surface area contributed by atoms with Gasteiger partial charge in [-0.25, -0.2) is 0 Å². The zero-order chi connectivity index (χ0) is 21.9. The Kier molecular flexibility index (Phi) is 15.7. The van der Waals surface area contributed by atoms with Crippen LogP contribution in [0.2, 0.25) is 0 Å². The smallest absolute Gasteiger partial charge is 0.311 e. The topological polar surface area (TPSA) is 52.6 Å². The first-order valence-corrected chi connectivity index (χ1v) is 12.0. The first kappa shape index (κ1) is 26.2. The second kappa shape index (κ2) is 18.0. The molecule has 0 heterocycles. The molecule has 0 bridgehead atoms. The molecule has 0 fully saturated rings. The van der Waals surface area contributed by atoms with Gasteiger partial charge in [0.2, 0.25) is 0 Å². The van der Waals surface area contributed by atoms with Gasteiger partial charge in [0, 0.05) is 12.8 Å². The Morgan fingerprint density at radius 1 is 0.733 bits per heavy atom. The number of rotatable bonds is 18. The van der Waals surface area contributed by atoms with Crippen LogP contribution in [0.25, 0.3) is 0 Å². The summed E-state index contributed by atoms with van der Waals surface area (Å²) in [7, 11) is 0. The van der Waals surface area contributed by atoms with Gasteiger partial charge in [0.15, 0.2) is 0 Å². The number of benzene rings is 1. The van der Waals surface area contributed by atoms with Crippen LogP contribution < -0.4 is 4.74 Å². The lowest BCUT2D eigenvalue weighted by atomic mass is 10.1. The Morgan fingerprint density at radius 3 is 1.93 bits per heavy atom. The first-order valence-electron chi connectivity index (χ1n) is 12.0. The third-order valence-electron chi connectivity index (χ3n) is 5.24. The molecule has 0 amide bonds. The van der Waals surface area contributed by atoms with Gasteiger partial charge < -0.3 is 9.47 Å². The summed E-state index contributed by atoms with van der Waals surface area (Å²) in [4.78, 5) is 23.6. The molecule has 0 aliphatic rings. The van der Waals surface area contributed by atoms with Crippen molar-refractivity contribution in [2.75, 3.05) is 6.61 Å². The predicted octanol–water partition coefficient (Wildman–Crippen LogP) is 7.32. The molecule has 0 spiro atoms. The molecule has 0 unspecified atom stereocenters. The van der Waals surface area contributed by atoms with Crippen LogP contribution in [0.1, 0.15) is 109 Å². The zero-order valence-corrected chi connectivity index (χ0v) is 19.3. The van der Waals surface area contributed by atoms with E-state index >= 15 is 0 Å². The minimum atomic E-state index is -0.163. The minimum absolute atomic E-state index is 0.0557. The van der Waals surface area contributed by atoms with Crippen LogP contribution in [0.15, 0.2) is 24.3 Å². The maximum absolute atomic E-state index is 11.8. The fourth-order valence-corrected chi connectivity index (χ4v) is 3.42. The number of unbranched alkanes of at least 4 members (excludes halogenated alkanes) is 11. The van der Waals surface area contributed by atoms with E-state index in [-0.39, 0.29) is 11.9 Å². The van der Waals surface area contributed by atoms with Crippen LogP contribution >= 0.6 is 0 Å². The molecule has 0 radical (unpaired) electrons. The molecule has 0 saturated carbocycles. The van der Waals surface area contributed by atoms with Gasteiger partial charge in [-0.15, -0.1) is 0 Å². The van der Waals surface area contributed by atoms with E-state index in [2.05, 4.69) is 6.92 Å². The molecule has 1 aromatic carbocycles. The van der Waals surface area contributed by atoms with Gasteiger partial charge >= 0.3 is 11.9 Å². The van der Waals surface area contributed by atoms with Crippen molar-refractivity contribution in [3.63, 3.8) is 0 Å². The number of carbonyl (C=O) groups excluding carboxylic acids is 2. The summed E-state index contributed by atoms with van der Waals surface area (Å²) in [6.45, 7) is 4.78. The Hall–Kier alpha value is -1.84. The molecule has 0 atom stereocenters. The molecule has 1 aromatic rings. The van der Waals surface area contributed by atoms with E-state index in [1.807, 2.05) is 31.2 Å². The highest BCUT2D eigenvalue weighted by Crippen LogP contribution is 2.15. The van der Waals surface area contributed by atoms with Crippen LogP contribution in [0.4, 0.5) is 0 Å². The van der Waals surface area contributed by atoms with E-state index < -0.39 is 0 Å². The quantitative estimate of drug-likeness (QED) is 0.142. The molecule has 0 N–H and O–H groups in total. The van der Waals surface area contributed by atoms with Gasteiger partial charge in [0.1, 0.15) is 5.75 Å². The highest BCUT2D eigenvalue weighted by molar-refractivity contribution is 5.72. The molecule has 0 aliphatic heterocycles. The highest BCUT2D eigenvalue weighted by Gasteiger charge is 2.05. The average molecular weight is 419 g/mol. The first-order chi connectivity index (χ1) is 14.6. The third kappa shape index (κ3) is 15.1. The van der Waals surface area contributed by atoms with Gasteiger partial charge in [0.25, 0.3) is 0 Å². The fraction of sp³-hybridized carbons (Fsp3) is 0.692. The number of hydrogen-bond donors (Lipinski definition) is 0. The number of carbonyl (C=O) groups is 2. The largest absolute Gasteiger partial charge is 0.466 e. The molecule has 0 aliphatic carbocycles. The van der Waals surface area contributed by atoms with Crippen molar-refractivity contribution < 1.29 is 19.1 Å². The molecule has 4 nitrogen and oxygen atoms in total. The van der Waals surface area contributed by atoms with Crippen molar-refractivity contribution in [2.45, 2.75) is 110 Å². The molecule has 1 rings (SSSR count). The molecular weight excluding hydrogens is 376 g/mol. The van der Waals surface area contributed by atoms with Crippen molar-refractivity contribution in [2.24, 2.45) is 0 Å². The lowest BCUT2D eigenvalue weighted by Gasteiger charge is -2.06. The summed E-state index contributed by atoms with van der Waals surface area (Å²) >= 11 is 0. The summed E-state index contributed by atoms with van der Waals surface area (Å²) < 4.78 is 10.7. The number of hydrogen-bond acceptors (Lipinski definition) is 4. The summed E-state index contributed by atoms with van der Waals surface area (Å²) in [5, 5.41) is 0. The highest BCUT2D eigenvalue weighted by atomic mass is 16.5.